The molecule has 1 aliphatic carbocycles. The summed E-state index contributed by atoms with van der Waals surface area (Å²) in [6.07, 6.45) is 3.37. The molecule has 1 saturated carbocycles. The van der Waals surface area contributed by atoms with Crippen molar-refractivity contribution in [2.45, 2.75) is 45.4 Å². The topological polar surface area (TPSA) is 96.4 Å². The number of anilines is 2. The molecule has 0 radical (unpaired) electrons. The highest BCUT2D eigenvalue weighted by molar-refractivity contribution is 7.85. The highest BCUT2D eigenvalue weighted by Gasteiger charge is 2.44. The Hall–Kier alpha value is -3.15. The maximum Gasteiger partial charge on any atom is 0.264 e. The first-order valence-corrected chi connectivity index (χ1v) is 13.1. The van der Waals surface area contributed by atoms with Crippen molar-refractivity contribution in [2.75, 3.05) is 24.3 Å². The third-order valence-electron chi connectivity index (χ3n) is 6.34. The molecule has 34 heavy (non-hydrogen) atoms. The lowest BCUT2D eigenvalue weighted by molar-refractivity contribution is 0.318. The smallest absolute Gasteiger partial charge is 0.264 e. The Morgan fingerprint density at radius 2 is 1.85 bits per heavy atom. The summed E-state index contributed by atoms with van der Waals surface area (Å²) in [5, 5.41) is 13.6. The summed E-state index contributed by atoms with van der Waals surface area (Å²) in [6.45, 7) is 6.54. The zero-order valence-electron chi connectivity index (χ0n) is 20.0. The van der Waals surface area contributed by atoms with E-state index in [0.29, 0.717) is 13.0 Å². The molecular weight excluding hydrogens is 450 g/mol. The SMILES string of the molecule is Cc1ccc(-c2c(C)noc2C)cc1N(CCCOS(C)(=O)=O)c1ccc(C2(C#N)CC2)cc1. The summed E-state index contributed by atoms with van der Waals surface area (Å²) in [5.41, 5.74) is 6.57. The lowest BCUT2D eigenvalue weighted by atomic mass is 9.97. The number of benzene rings is 2. The van der Waals surface area contributed by atoms with E-state index < -0.39 is 10.1 Å². The number of nitriles is 1. The Kier molecular flexibility index (Phi) is 6.52. The molecule has 4 rings (SSSR count). The van der Waals surface area contributed by atoms with Crippen LogP contribution in [0.3, 0.4) is 0 Å². The van der Waals surface area contributed by atoms with Crippen molar-refractivity contribution in [2.24, 2.45) is 0 Å². The molecule has 1 aromatic heterocycles. The monoisotopic (exact) mass is 479 g/mol. The summed E-state index contributed by atoms with van der Waals surface area (Å²) in [5.74, 6) is 0.760. The number of nitrogens with zero attached hydrogens (tertiary/aromatic N) is 3. The van der Waals surface area contributed by atoms with E-state index in [1.807, 2.05) is 38.1 Å². The fourth-order valence-corrected chi connectivity index (χ4v) is 4.74. The third kappa shape index (κ3) is 5.01. The molecule has 8 heteroatoms. The van der Waals surface area contributed by atoms with Gasteiger partial charge in [0.1, 0.15) is 5.76 Å². The second kappa shape index (κ2) is 9.24. The summed E-state index contributed by atoms with van der Waals surface area (Å²) in [7, 11) is -3.49. The Balaban J connectivity index is 1.69. The van der Waals surface area contributed by atoms with Crippen LogP contribution in [0.1, 0.15) is 41.8 Å². The average Bonchev–Trinajstić information content (AvgIpc) is 3.53. The standard InChI is InChI=1S/C26H29N3O4S/c1-18-6-7-21(25-19(2)28-33-20(25)3)16-24(18)29(14-5-15-32-34(4,30)31)23-10-8-22(9-11-23)26(17-27)12-13-26/h6-11,16H,5,12-15H2,1-4H3. The fraction of sp³-hybridized carbons (Fsp3) is 0.385. The number of aromatic nitrogens is 1. The first-order valence-electron chi connectivity index (χ1n) is 11.3. The minimum Gasteiger partial charge on any atom is -0.361 e. The lowest BCUT2D eigenvalue weighted by Gasteiger charge is -2.28. The van der Waals surface area contributed by atoms with Crippen LogP contribution in [0.4, 0.5) is 11.4 Å². The van der Waals surface area contributed by atoms with E-state index in [9.17, 15) is 13.7 Å². The van der Waals surface area contributed by atoms with Gasteiger partial charge in [-0.1, -0.05) is 29.4 Å². The quantitative estimate of drug-likeness (QED) is 0.302. The van der Waals surface area contributed by atoms with Crippen molar-refractivity contribution >= 4 is 21.5 Å². The molecule has 1 heterocycles. The van der Waals surface area contributed by atoms with Gasteiger partial charge in [0.15, 0.2) is 0 Å². The minimum atomic E-state index is -3.49. The van der Waals surface area contributed by atoms with E-state index in [-0.39, 0.29) is 12.0 Å². The van der Waals surface area contributed by atoms with E-state index in [2.05, 4.69) is 41.2 Å². The maximum atomic E-state index is 11.4. The average molecular weight is 480 g/mol. The van der Waals surface area contributed by atoms with Gasteiger partial charge in [0.25, 0.3) is 10.1 Å². The van der Waals surface area contributed by atoms with Gasteiger partial charge < -0.3 is 9.42 Å². The van der Waals surface area contributed by atoms with Gasteiger partial charge in [0.05, 0.1) is 30.0 Å². The zero-order valence-corrected chi connectivity index (χ0v) is 20.8. The van der Waals surface area contributed by atoms with Crippen LogP contribution in [0, 0.1) is 32.1 Å². The van der Waals surface area contributed by atoms with Crippen molar-refractivity contribution in [3.8, 4) is 17.2 Å². The van der Waals surface area contributed by atoms with Gasteiger partial charge in [-0.05, 0) is 74.9 Å². The third-order valence-corrected chi connectivity index (χ3v) is 6.94. The highest BCUT2D eigenvalue weighted by atomic mass is 32.2. The largest absolute Gasteiger partial charge is 0.361 e. The molecule has 7 nitrogen and oxygen atoms in total. The predicted molar refractivity (Wildman–Crippen MR) is 132 cm³/mol. The molecule has 2 aromatic carbocycles. The van der Waals surface area contributed by atoms with Gasteiger partial charge in [-0.25, -0.2) is 0 Å². The molecule has 1 aliphatic rings. The lowest BCUT2D eigenvalue weighted by Crippen LogP contribution is -2.21. The Bertz CT molecular complexity index is 1310. The van der Waals surface area contributed by atoms with Crippen molar-refractivity contribution in [3.63, 3.8) is 0 Å². The summed E-state index contributed by atoms with van der Waals surface area (Å²) < 4.78 is 33.1. The molecule has 0 atom stereocenters. The van der Waals surface area contributed by atoms with Gasteiger partial charge in [-0.3, -0.25) is 4.18 Å². The van der Waals surface area contributed by atoms with Gasteiger partial charge in [-0.2, -0.15) is 13.7 Å². The van der Waals surface area contributed by atoms with E-state index >= 15 is 0 Å². The van der Waals surface area contributed by atoms with Crippen LogP contribution in [0.5, 0.6) is 0 Å². The molecular formula is C26H29N3O4S. The van der Waals surface area contributed by atoms with Crippen LogP contribution >= 0.6 is 0 Å². The van der Waals surface area contributed by atoms with Gasteiger partial charge in [0, 0.05) is 23.5 Å². The molecule has 1 fully saturated rings. The molecule has 0 saturated heterocycles. The summed E-state index contributed by atoms with van der Waals surface area (Å²) >= 11 is 0. The Morgan fingerprint density at radius 3 is 2.41 bits per heavy atom. The van der Waals surface area contributed by atoms with Gasteiger partial charge in [0.2, 0.25) is 0 Å². The van der Waals surface area contributed by atoms with E-state index in [0.717, 1.165) is 64.2 Å². The highest BCUT2D eigenvalue weighted by Crippen LogP contribution is 2.48. The second-order valence-electron chi connectivity index (χ2n) is 8.97. The van der Waals surface area contributed by atoms with Crippen LogP contribution in [0.2, 0.25) is 0 Å². The maximum absolute atomic E-state index is 11.4. The van der Waals surface area contributed by atoms with Crippen molar-refractivity contribution < 1.29 is 17.1 Å². The number of hydrogen-bond acceptors (Lipinski definition) is 7. The van der Waals surface area contributed by atoms with Crippen molar-refractivity contribution in [1.82, 2.24) is 5.16 Å². The van der Waals surface area contributed by atoms with Gasteiger partial charge in [-0.15, -0.1) is 0 Å². The molecule has 0 amide bonds. The van der Waals surface area contributed by atoms with Crippen molar-refractivity contribution in [1.29, 1.82) is 5.26 Å². The van der Waals surface area contributed by atoms with Crippen LogP contribution in [0.25, 0.3) is 11.1 Å². The van der Waals surface area contributed by atoms with E-state index in [1.165, 1.54) is 0 Å². The fourth-order valence-electron chi connectivity index (χ4n) is 4.32. The summed E-state index contributed by atoms with van der Waals surface area (Å²) in [4.78, 5) is 2.17. The second-order valence-corrected chi connectivity index (χ2v) is 10.6. The minimum absolute atomic E-state index is 0.105. The van der Waals surface area contributed by atoms with Crippen LogP contribution in [0.15, 0.2) is 47.0 Å². The first kappa shape index (κ1) is 24.0. The molecule has 178 valence electrons. The molecule has 0 bridgehead atoms. The van der Waals surface area contributed by atoms with E-state index in [1.54, 1.807) is 0 Å². The zero-order chi connectivity index (χ0) is 24.5. The molecule has 0 aliphatic heterocycles. The molecule has 0 unspecified atom stereocenters. The molecule has 3 aromatic rings. The Labute approximate surface area is 201 Å². The first-order chi connectivity index (χ1) is 16.1. The van der Waals surface area contributed by atoms with Crippen LogP contribution < -0.4 is 4.90 Å². The molecule has 0 spiro atoms. The number of rotatable bonds is 9. The molecule has 0 N–H and O–H groups in total. The van der Waals surface area contributed by atoms with Crippen molar-refractivity contribution in [3.05, 3.63) is 65.0 Å². The van der Waals surface area contributed by atoms with Crippen LogP contribution in [-0.2, 0) is 19.7 Å². The Morgan fingerprint density at radius 1 is 1.15 bits per heavy atom. The summed E-state index contributed by atoms with van der Waals surface area (Å²) in [6, 6.07) is 16.8. The normalized spacial score (nSPS) is 14.6. The number of hydrogen-bond donors (Lipinski definition) is 0. The van der Waals surface area contributed by atoms with E-state index in [4.69, 9.17) is 8.71 Å². The number of aryl methyl sites for hydroxylation is 3. The predicted octanol–water partition coefficient (Wildman–Crippen LogP) is 5.33. The van der Waals surface area contributed by atoms with Crippen LogP contribution in [-0.4, -0.2) is 33.0 Å². The van der Waals surface area contributed by atoms with Gasteiger partial charge >= 0.3 is 0 Å².